The molecule has 0 saturated carbocycles. The molecular formula is C12H22N6O3. The predicted molar refractivity (Wildman–Crippen MR) is 79.8 cm³/mol. The fourth-order valence-electron chi connectivity index (χ4n) is 1.97. The number of aromatic nitrogens is 2. The summed E-state index contributed by atoms with van der Waals surface area (Å²) in [5.74, 6) is 5.34. The van der Waals surface area contributed by atoms with Gasteiger partial charge in [0.2, 0.25) is 11.8 Å². The van der Waals surface area contributed by atoms with Crippen LogP contribution in [-0.4, -0.2) is 32.6 Å². The molecule has 0 aliphatic rings. The van der Waals surface area contributed by atoms with Crippen molar-refractivity contribution in [2.24, 2.45) is 11.3 Å². The van der Waals surface area contributed by atoms with E-state index in [1.165, 1.54) is 6.92 Å². The van der Waals surface area contributed by atoms with Gasteiger partial charge in [0, 0.05) is 6.54 Å². The molecule has 21 heavy (non-hydrogen) atoms. The van der Waals surface area contributed by atoms with Gasteiger partial charge < -0.3 is 10.4 Å². The van der Waals surface area contributed by atoms with Crippen LogP contribution in [0.3, 0.4) is 0 Å². The average Bonchev–Trinajstić information content (AvgIpc) is 2.32. The van der Waals surface area contributed by atoms with E-state index in [1.807, 2.05) is 20.8 Å². The van der Waals surface area contributed by atoms with Gasteiger partial charge in [0.25, 0.3) is 0 Å². The zero-order valence-electron chi connectivity index (χ0n) is 12.7. The highest BCUT2D eigenvalue weighted by molar-refractivity contribution is 5.60. The zero-order valence-corrected chi connectivity index (χ0v) is 12.7. The van der Waals surface area contributed by atoms with Crippen molar-refractivity contribution in [2.75, 3.05) is 17.3 Å². The van der Waals surface area contributed by atoms with Gasteiger partial charge in [-0.1, -0.05) is 20.8 Å². The topological polar surface area (TPSA) is 139 Å². The van der Waals surface area contributed by atoms with Crippen molar-refractivity contribution in [1.82, 2.24) is 9.97 Å². The molecule has 1 unspecified atom stereocenters. The number of hydrogen-bond acceptors (Lipinski definition) is 8. The lowest BCUT2D eigenvalue weighted by Crippen LogP contribution is -2.26. The highest BCUT2D eigenvalue weighted by atomic mass is 16.6. The van der Waals surface area contributed by atoms with E-state index >= 15 is 0 Å². The third-order valence-electron chi connectivity index (χ3n) is 2.72. The van der Waals surface area contributed by atoms with Crippen molar-refractivity contribution in [1.29, 1.82) is 0 Å². The molecule has 0 amide bonds. The molecule has 0 fully saturated rings. The quantitative estimate of drug-likeness (QED) is 0.349. The van der Waals surface area contributed by atoms with Crippen LogP contribution in [0.5, 0.6) is 0 Å². The summed E-state index contributed by atoms with van der Waals surface area (Å²) in [5.41, 5.74) is 2.18. The van der Waals surface area contributed by atoms with Gasteiger partial charge in [-0.05, 0) is 18.8 Å². The number of nitrogen functional groups attached to an aromatic ring is 1. The zero-order chi connectivity index (χ0) is 16.2. The van der Waals surface area contributed by atoms with E-state index < -0.39 is 11.0 Å². The van der Waals surface area contributed by atoms with Crippen LogP contribution in [0.25, 0.3) is 0 Å². The monoisotopic (exact) mass is 298 g/mol. The smallest absolute Gasteiger partial charge is 0.332 e. The van der Waals surface area contributed by atoms with E-state index in [0.29, 0.717) is 6.42 Å². The molecule has 0 radical (unpaired) electrons. The summed E-state index contributed by atoms with van der Waals surface area (Å²) in [6.07, 6.45) is -0.0889. The number of aliphatic hydroxyl groups excluding tert-OH is 1. The van der Waals surface area contributed by atoms with Crippen molar-refractivity contribution in [3.05, 3.63) is 15.8 Å². The fourth-order valence-corrected chi connectivity index (χ4v) is 1.97. The largest absolute Gasteiger partial charge is 0.391 e. The first-order chi connectivity index (χ1) is 9.64. The van der Waals surface area contributed by atoms with Gasteiger partial charge in [-0.2, -0.15) is 4.98 Å². The van der Waals surface area contributed by atoms with E-state index in [9.17, 15) is 15.2 Å². The van der Waals surface area contributed by atoms with Crippen LogP contribution in [0.1, 0.15) is 32.9 Å². The van der Waals surface area contributed by atoms with Crippen LogP contribution < -0.4 is 16.6 Å². The van der Waals surface area contributed by atoms with Gasteiger partial charge >= 0.3 is 5.69 Å². The minimum Gasteiger partial charge on any atom is -0.391 e. The SMILES string of the molecule is Cc1nc(NN)nc(NCC(O)CC(C)(C)C)c1[N+](=O)[O-]. The minimum atomic E-state index is -0.644. The van der Waals surface area contributed by atoms with E-state index in [4.69, 9.17) is 5.84 Å². The molecule has 1 aromatic heterocycles. The summed E-state index contributed by atoms with van der Waals surface area (Å²) >= 11 is 0. The number of aliphatic hydroxyl groups is 1. The Morgan fingerprint density at radius 1 is 1.43 bits per heavy atom. The summed E-state index contributed by atoms with van der Waals surface area (Å²) in [5, 5.41) is 23.8. The Bertz CT molecular complexity index is 514. The molecule has 0 bridgehead atoms. The average molecular weight is 298 g/mol. The Hall–Kier alpha value is -2.00. The number of nitrogens with two attached hydrogens (primary N) is 1. The van der Waals surface area contributed by atoms with Crippen molar-refractivity contribution in [3.63, 3.8) is 0 Å². The lowest BCUT2D eigenvalue weighted by Gasteiger charge is -2.22. The van der Waals surface area contributed by atoms with Crippen LogP contribution in [0, 0.1) is 22.5 Å². The minimum absolute atomic E-state index is 0.0356. The second-order valence-electron chi connectivity index (χ2n) is 6.03. The standard InChI is InChI=1S/C12H22N6O3/c1-7-9(18(20)21)10(16-11(15-7)17-13)14-6-8(19)5-12(2,3)4/h8,19H,5-6,13H2,1-4H3,(H2,14,15,16,17). The number of rotatable bonds is 6. The maximum Gasteiger partial charge on any atom is 0.332 e. The highest BCUT2D eigenvalue weighted by Crippen LogP contribution is 2.27. The number of nitrogens with one attached hydrogen (secondary N) is 2. The number of hydrogen-bond donors (Lipinski definition) is 4. The lowest BCUT2D eigenvalue weighted by atomic mass is 9.89. The van der Waals surface area contributed by atoms with Gasteiger partial charge in [-0.15, -0.1) is 0 Å². The molecule has 0 aromatic carbocycles. The fraction of sp³-hybridized carbons (Fsp3) is 0.667. The number of anilines is 2. The molecule has 1 aromatic rings. The first-order valence-corrected chi connectivity index (χ1v) is 6.55. The van der Waals surface area contributed by atoms with E-state index in [0.717, 1.165) is 0 Å². The molecule has 0 aliphatic carbocycles. The van der Waals surface area contributed by atoms with Gasteiger partial charge in [-0.3, -0.25) is 15.5 Å². The third-order valence-corrected chi connectivity index (χ3v) is 2.72. The summed E-state index contributed by atoms with van der Waals surface area (Å²) in [7, 11) is 0. The van der Waals surface area contributed by atoms with E-state index in [1.54, 1.807) is 0 Å². The van der Waals surface area contributed by atoms with Crippen LogP contribution in [-0.2, 0) is 0 Å². The normalized spacial score (nSPS) is 12.9. The molecule has 1 rings (SSSR count). The first-order valence-electron chi connectivity index (χ1n) is 6.55. The van der Waals surface area contributed by atoms with Crippen LogP contribution in [0.15, 0.2) is 0 Å². The molecule has 0 saturated heterocycles. The van der Waals surface area contributed by atoms with Crippen molar-refractivity contribution < 1.29 is 10.0 Å². The van der Waals surface area contributed by atoms with Gasteiger partial charge in [0.05, 0.1) is 11.0 Å². The predicted octanol–water partition coefficient (Wildman–Crippen LogP) is 1.19. The van der Waals surface area contributed by atoms with Gasteiger partial charge in [-0.25, -0.2) is 10.8 Å². The highest BCUT2D eigenvalue weighted by Gasteiger charge is 2.23. The Kier molecular flexibility index (Phi) is 5.39. The van der Waals surface area contributed by atoms with Crippen molar-refractivity contribution in [2.45, 2.75) is 40.2 Å². The molecule has 118 valence electrons. The molecule has 1 atom stereocenters. The number of aryl methyl sites for hydroxylation is 1. The Morgan fingerprint density at radius 3 is 2.52 bits per heavy atom. The molecular weight excluding hydrogens is 276 g/mol. The molecule has 0 aliphatic heterocycles. The summed E-state index contributed by atoms with van der Waals surface area (Å²) in [6, 6.07) is 0. The van der Waals surface area contributed by atoms with Crippen LogP contribution in [0.4, 0.5) is 17.5 Å². The van der Waals surface area contributed by atoms with Crippen molar-refractivity contribution >= 4 is 17.5 Å². The maximum atomic E-state index is 11.1. The summed E-state index contributed by atoms with van der Waals surface area (Å²) in [6.45, 7) is 7.66. The molecule has 1 heterocycles. The number of nitro groups is 1. The second-order valence-corrected chi connectivity index (χ2v) is 6.03. The second kappa shape index (κ2) is 6.64. The van der Waals surface area contributed by atoms with Crippen LogP contribution >= 0.6 is 0 Å². The molecule has 0 spiro atoms. The Labute approximate surface area is 123 Å². The number of nitrogens with zero attached hydrogens (tertiary/aromatic N) is 3. The van der Waals surface area contributed by atoms with Crippen molar-refractivity contribution in [3.8, 4) is 0 Å². The van der Waals surface area contributed by atoms with E-state index in [-0.39, 0.29) is 35.1 Å². The third kappa shape index (κ3) is 5.12. The number of hydrazine groups is 1. The van der Waals surface area contributed by atoms with Gasteiger partial charge in [0.15, 0.2) is 0 Å². The summed E-state index contributed by atoms with van der Waals surface area (Å²) < 4.78 is 0. The van der Waals surface area contributed by atoms with E-state index in [2.05, 4.69) is 20.7 Å². The molecule has 9 nitrogen and oxygen atoms in total. The molecule has 9 heteroatoms. The van der Waals surface area contributed by atoms with Crippen LogP contribution in [0.2, 0.25) is 0 Å². The lowest BCUT2D eigenvalue weighted by molar-refractivity contribution is -0.385. The molecule has 5 N–H and O–H groups in total. The summed E-state index contributed by atoms with van der Waals surface area (Å²) in [4.78, 5) is 18.3. The first kappa shape index (κ1) is 17.1. The van der Waals surface area contributed by atoms with Gasteiger partial charge in [0.1, 0.15) is 5.69 Å². The maximum absolute atomic E-state index is 11.1. The Morgan fingerprint density at radius 2 is 2.05 bits per heavy atom. The Balaban J connectivity index is 2.91.